The Bertz CT molecular complexity index is 701. The third-order valence-corrected chi connectivity index (χ3v) is 6.59. The number of amides is 1. The minimum atomic E-state index is -3.55. The molecule has 1 saturated heterocycles. The molecule has 0 spiro atoms. The molecule has 1 N–H and O–H groups in total. The number of nitrogens with one attached hydrogen (secondary N) is 1. The van der Waals surface area contributed by atoms with E-state index in [-0.39, 0.29) is 18.4 Å². The second kappa shape index (κ2) is 8.97. The maximum absolute atomic E-state index is 12.8. The first-order chi connectivity index (χ1) is 12.2. The largest absolute Gasteiger partial charge is 0.356 e. The Balaban J connectivity index is 1.97. The van der Waals surface area contributed by atoms with Crippen molar-refractivity contribution in [2.75, 3.05) is 40.3 Å². The molecule has 0 saturated carbocycles. The van der Waals surface area contributed by atoms with E-state index in [1.54, 1.807) is 24.3 Å². The van der Waals surface area contributed by atoms with Gasteiger partial charge in [-0.05, 0) is 51.9 Å². The van der Waals surface area contributed by atoms with E-state index in [0.717, 1.165) is 18.5 Å². The van der Waals surface area contributed by atoms with Gasteiger partial charge in [0, 0.05) is 26.2 Å². The van der Waals surface area contributed by atoms with Crippen LogP contribution in [0.2, 0.25) is 0 Å². The quantitative estimate of drug-likeness (QED) is 0.781. The van der Waals surface area contributed by atoms with E-state index in [1.165, 1.54) is 4.31 Å². The summed E-state index contributed by atoms with van der Waals surface area (Å²) in [5.41, 5.74) is 1.02. The number of piperidine rings is 1. The average molecular weight is 382 g/mol. The molecule has 1 aromatic rings. The molecule has 2 atom stereocenters. The molecule has 0 bridgehead atoms. The number of sulfonamides is 1. The summed E-state index contributed by atoms with van der Waals surface area (Å²) in [5.74, 6) is 0.0277. The first kappa shape index (κ1) is 20.9. The van der Waals surface area contributed by atoms with Gasteiger partial charge in [0.15, 0.2) is 0 Å². The highest BCUT2D eigenvalue weighted by molar-refractivity contribution is 7.89. The van der Waals surface area contributed by atoms with Crippen LogP contribution in [0.4, 0.5) is 0 Å². The van der Waals surface area contributed by atoms with E-state index in [0.29, 0.717) is 30.3 Å². The van der Waals surface area contributed by atoms with Crippen molar-refractivity contribution < 1.29 is 13.2 Å². The lowest BCUT2D eigenvalue weighted by Crippen LogP contribution is -2.46. The van der Waals surface area contributed by atoms with E-state index in [9.17, 15) is 13.2 Å². The third-order valence-electron chi connectivity index (χ3n) is 4.72. The monoisotopic (exact) mass is 381 g/mol. The van der Waals surface area contributed by atoms with Crippen molar-refractivity contribution in [1.82, 2.24) is 14.5 Å². The highest BCUT2D eigenvalue weighted by Crippen LogP contribution is 2.24. The predicted octanol–water partition coefficient (Wildman–Crippen LogP) is 1.71. The molecule has 146 valence electrons. The van der Waals surface area contributed by atoms with Gasteiger partial charge in [0.05, 0.1) is 10.8 Å². The highest BCUT2D eigenvalue weighted by Gasteiger charge is 2.33. The number of carbonyl (C=O) groups is 1. The van der Waals surface area contributed by atoms with Crippen LogP contribution in [0.3, 0.4) is 0 Å². The highest BCUT2D eigenvalue weighted by atomic mass is 32.2. The van der Waals surface area contributed by atoms with Gasteiger partial charge in [-0.15, -0.1) is 0 Å². The molecule has 1 fully saturated rings. The van der Waals surface area contributed by atoms with Crippen LogP contribution in [0.1, 0.15) is 25.3 Å². The Morgan fingerprint density at radius 3 is 2.58 bits per heavy atom. The molecule has 0 aliphatic carbocycles. The Labute approximate surface area is 157 Å². The van der Waals surface area contributed by atoms with Crippen molar-refractivity contribution in [2.45, 2.75) is 31.6 Å². The topological polar surface area (TPSA) is 69.7 Å². The Kier molecular flexibility index (Phi) is 7.20. The van der Waals surface area contributed by atoms with Crippen molar-refractivity contribution in [3.63, 3.8) is 0 Å². The second-order valence-electron chi connectivity index (χ2n) is 7.63. The van der Waals surface area contributed by atoms with Crippen LogP contribution in [0, 0.1) is 18.8 Å². The number of carbonyl (C=O) groups excluding carboxylic acids is 1. The van der Waals surface area contributed by atoms with Crippen molar-refractivity contribution in [2.24, 2.45) is 11.8 Å². The van der Waals surface area contributed by atoms with Gasteiger partial charge in [0.2, 0.25) is 15.9 Å². The van der Waals surface area contributed by atoms with E-state index < -0.39 is 10.0 Å². The van der Waals surface area contributed by atoms with Crippen LogP contribution in [0.15, 0.2) is 29.2 Å². The molecule has 2 rings (SSSR count). The summed E-state index contributed by atoms with van der Waals surface area (Å²) in [7, 11) is 0.469. The fourth-order valence-corrected chi connectivity index (χ4v) is 4.86. The average Bonchev–Trinajstić information content (AvgIpc) is 2.59. The fourth-order valence-electron chi connectivity index (χ4n) is 3.34. The molecule has 1 aromatic carbocycles. The molecular formula is C19H31N3O3S. The summed E-state index contributed by atoms with van der Waals surface area (Å²) < 4.78 is 27.1. The van der Waals surface area contributed by atoms with Crippen molar-refractivity contribution in [3.05, 3.63) is 29.8 Å². The van der Waals surface area contributed by atoms with Gasteiger partial charge in [-0.3, -0.25) is 4.79 Å². The van der Waals surface area contributed by atoms with Gasteiger partial charge in [-0.1, -0.05) is 24.6 Å². The van der Waals surface area contributed by atoms with Crippen LogP contribution in [-0.2, 0) is 14.8 Å². The lowest BCUT2D eigenvalue weighted by molar-refractivity contribution is -0.126. The summed E-state index contributed by atoms with van der Waals surface area (Å²) in [5, 5.41) is 2.99. The molecule has 1 aliphatic heterocycles. The minimum absolute atomic E-state index is 0.0422. The van der Waals surface area contributed by atoms with Gasteiger partial charge in [0.25, 0.3) is 0 Å². The van der Waals surface area contributed by atoms with E-state index >= 15 is 0 Å². The van der Waals surface area contributed by atoms with E-state index in [2.05, 4.69) is 17.1 Å². The zero-order chi connectivity index (χ0) is 19.3. The standard InChI is InChI=1S/C19H31N3O3S/c1-15-7-9-18(10-8-15)26(24,25)22-11-5-6-17(14-22)19(23)20-12-16(2)13-21(3)4/h7-10,16-17H,5-6,11-14H2,1-4H3,(H,20,23)/t16-,17+/m1/s1. The SMILES string of the molecule is Cc1ccc(S(=O)(=O)N2CCC[C@H](C(=O)NC[C@@H](C)CN(C)C)C2)cc1. The van der Waals surface area contributed by atoms with Gasteiger partial charge in [-0.2, -0.15) is 4.31 Å². The molecular weight excluding hydrogens is 350 g/mol. The van der Waals surface area contributed by atoms with Crippen LogP contribution < -0.4 is 5.32 Å². The third kappa shape index (κ3) is 5.53. The van der Waals surface area contributed by atoms with E-state index in [1.807, 2.05) is 21.0 Å². The summed E-state index contributed by atoms with van der Waals surface area (Å²) in [6, 6.07) is 6.87. The summed E-state index contributed by atoms with van der Waals surface area (Å²) in [4.78, 5) is 14.9. The van der Waals surface area contributed by atoms with Gasteiger partial charge in [-0.25, -0.2) is 8.42 Å². The zero-order valence-corrected chi connectivity index (χ0v) is 17.1. The Morgan fingerprint density at radius 1 is 1.31 bits per heavy atom. The number of hydrogen-bond donors (Lipinski definition) is 1. The molecule has 0 unspecified atom stereocenters. The molecule has 26 heavy (non-hydrogen) atoms. The molecule has 1 heterocycles. The van der Waals surface area contributed by atoms with Crippen molar-refractivity contribution in [3.8, 4) is 0 Å². The number of aryl methyl sites for hydroxylation is 1. The molecule has 1 amide bonds. The summed E-state index contributed by atoms with van der Waals surface area (Å²) in [6.07, 6.45) is 1.43. The maximum atomic E-state index is 12.8. The zero-order valence-electron chi connectivity index (χ0n) is 16.2. The Morgan fingerprint density at radius 2 is 1.96 bits per heavy atom. The number of benzene rings is 1. The smallest absolute Gasteiger partial charge is 0.243 e. The van der Waals surface area contributed by atoms with Gasteiger partial charge in [0.1, 0.15) is 0 Å². The maximum Gasteiger partial charge on any atom is 0.243 e. The van der Waals surface area contributed by atoms with Crippen molar-refractivity contribution in [1.29, 1.82) is 0 Å². The summed E-state index contributed by atoms with van der Waals surface area (Å²) in [6.45, 7) is 6.25. The fraction of sp³-hybridized carbons (Fsp3) is 0.632. The molecule has 1 aliphatic rings. The predicted molar refractivity (Wildman–Crippen MR) is 103 cm³/mol. The number of nitrogens with zero attached hydrogens (tertiary/aromatic N) is 2. The number of rotatable bonds is 7. The molecule has 0 aromatic heterocycles. The summed E-state index contributed by atoms with van der Waals surface area (Å²) >= 11 is 0. The van der Waals surface area contributed by atoms with Crippen LogP contribution in [0.5, 0.6) is 0 Å². The van der Waals surface area contributed by atoms with Gasteiger partial charge < -0.3 is 10.2 Å². The van der Waals surface area contributed by atoms with Crippen molar-refractivity contribution >= 4 is 15.9 Å². The van der Waals surface area contributed by atoms with Crippen LogP contribution >= 0.6 is 0 Å². The Hall–Kier alpha value is -1.44. The lowest BCUT2D eigenvalue weighted by Gasteiger charge is -2.31. The first-order valence-electron chi connectivity index (χ1n) is 9.19. The van der Waals surface area contributed by atoms with E-state index in [4.69, 9.17) is 0 Å². The normalized spacial score (nSPS) is 20.1. The first-order valence-corrected chi connectivity index (χ1v) is 10.6. The minimum Gasteiger partial charge on any atom is -0.356 e. The molecule has 0 radical (unpaired) electrons. The van der Waals surface area contributed by atoms with Crippen LogP contribution in [-0.4, -0.2) is 63.8 Å². The van der Waals surface area contributed by atoms with Gasteiger partial charge >= 0.3 is 0 Å². The van der Waals surface area contributed by atoms with Crippen LogP contribution in [0.25, 0.3) is 0 Å². The number of hydrogen-bond acceptors (Lipinski definition) is 4. The second-order valence-corrected chi connectivity index (χ2v) is 9.57. The lowest BCUT2D eigenvalue weighted by atomic mass is 9.98. The molecule has 6 nitrogen and oxygen atoms in total. The molecule has 7 heteroatoms.